The molecule has 84 valence electrons. The van der Waals surface area contributed by atoms with E-state index in [9.17, 15) is 0 Å². The van der Waals surface area contributed by atoms with Gasteiger partial charge in [-0.25, -0.2) is 0 Å². The molecule has 0 aliphatic heterocycles. The standard InChI is InChI=1S/C11H24N2O/c1-10(13(2)8-9-14-3)6-7-12-11-4-5-11/h10-12H,4-9H2,1-3H3. The van der Waals surface area contributed by atoms with E-state index in [-0.39, 0.29) is 0 Å². The van der Waals surface area contributed by atoms with E-state index < -0.39 is 0 Å². The van der Waals surface area contributed by atoms with Crippen molar-refractivity contribution < 1.29 is 4.74 Å². The van der Waals surface area contributed by atoms with Crippen molar-refractivity contribution in [2.45, 2.75) is 38.3 Å². The normalized spacial score (nSPS) is 18.9. The van der Waals surface area contributed by atoms with Crippen molar-refractivity contribution in [1.29, 1.82) is 0 Å². The van der Waals surface area contributed by atoms with E-state index in [1.54, 1.807) is 7.11 Å². The number of methoxy groups -OCH3 is 1. The molecule has 3 heteroatoms. The minimum absolute atomic E-state index is 0.649. The molecule has 1 aliphatic rings. The number of hydrogen-bond acceptors (Lipinski definition) is 3. The van der Waals surface area contributed by atoms with E-state index in [1.165, 1.54) is 19.3 Å². The molecule has 0 spiro atoms. The van der Waals surface area contributed by atoms with Gasteiger partial charge in [-0.15, -0.1) is 0 Å². The number of nitrogens with zero attached hydrogens (tertiary/aromatic N) is 1. The van der Waals surface area contributed by atoms with Gasteiger partial charge in [-0.3, -0.25) is 0 Å². The largest absolute Gasteiger partial charge is 0.383 e. The van der Waals surface area contributed by atoms with Gasteiger partial charge in [-0.1, -0.05) is 0 Å². The summed E-state index contributed by atoms with van der Waals surface area (Å²) >= 11 is 0. The number of likely N-dealkylation sites (N-methyl/N-ethyl adjacent to an activating group) is 1. The molecule has 0 radical (unpaired) electrons. The Kier molecular flexibility index (Phi) is 5.45. The molecule has 1 aliphatic carbocycles. The summed E-state index contributed by atoms with van der Waals surface area (Å²) < 4.78 is 5.06. The minimum Gasteiger partial charge on any atom is -0.383 e. The zero-order chi connectivity index (χ0) is 10.4. The van der Waals surface area contributed by atoms with Crippen LogP contribution in [0.1, 0.15) is 26.2 Å². The lowest BCUT2D eigenvalue weighted by atomic mass is 10.2. The Morgan fingerprint density at radius 1 is 1.50 bits per heavy atom. The van der Waals surface area contributed by atoms with E-state index in [4.69, 9.17) is 4.74 Å². The molecule has 0 bridgehead atoms. The molecule has 0 saturated heterocycles. The Bertz CT molecular complexity index is 148. The van der Waals surface area contributed by atoms with Crippen LogP contribution in [0.3, 0.4) is 0 Å². The lowest BCUT2D eigenvalue weighted by Crippen LogP contribution is -2.34. The predicted octanol–water partition coefficient (Wildman–Crippen LogP) is 1.10. The van der Waals surface area contributed by atoms with Crippen LogP contribution in [0.25, 0.3) is 0 Å². The van der Waals surface area contributed by atoms with Crippen LogP contribution in [0.15, 0.2) is 0 Å². The van der Waals surface area contributed by atoms with Gasteiger partial charge in [-0.2, -0.15) is 0 Å². The van der Waals surface area contributed by atoms with Crippen molar-refractivity contribution in [1.82, 2.24) is 10.2 Å². The maximum atomic E-state index is 5.06. The second-order valence-electron chi connectivity index (χ2n) is 4.34. The molecule has 1 fully saturated rings. The fourth-order valence-electron chi connectivity index (χ4n) is 1.46. The Labute approximate surface area is 87.8 Å². The highest BCUT2D eigenvalue weighted by Gasteiger charge is 2.20. The number of ether oxygens (including phenoxy) is 1. The van der Waals surface area contributed by atoms with E-state index in [2.05, 4.69) is 24.2 Å². The highest BCUT2D eigenvalue weighted by molar-refractivity contribution is 4.81. The molecular weight excluding hydrogens is 176 g/mol. The van der Waals surface area contributed by atoms with Crippen LogP contribution >= 0.6 is 0 Å². The lowest BCUT2D eigenvalue weighted by molar-refractivity contribution is 0.140. The summed E-state index contributed by atoms with van der Waals surface area (Å²) in [5.74, 6) is 0. The van der Waals surface area contributed by atoms with Gasteiger partial charge in [0.1, 0.15) is 0 Å². The number of rotatable bonds is 8. The minimum atomic E-state index is 0.649. The Morgan fingerprint density at radius 2 is 2.21 bits per heavy atom. The predicted molar refractivity (Wildman–Crippen MR) is 59.6 cm³/mol. The molecule has 1 atom stereocenters. The second-order valence-corrected chi connectivity index (χ2v) is 4.34. The van der Waals surface area contributed by atoms with Crippen molar-refractivity contribution in [2.24, 2.45) is 0 Å². The third-order valence-electron chi connectivity index (χ3n) is 2.97. The first-order valence-corrected chi connectivity index (χ1v) is 5.66. The third-order valence-corrected chi connectivity index (χ3v) is 2.97. The van der Waals surface area contributed by atoms with Gasteiger partial charge in [0.25, 0.3) is 0 Å². The summed E-state index contributed by atoms with van der Waals surface area (Å²) in [7, 11) is 3.92. The fraction of sp³-hybridized carbons (Fsp3) is 1.00. The highest BCUT2D eigenvalue weighted by Crippen LogP contribution is 2.18. The molecule has 0 heterocycles. The molecule has 14 heavy (non-hydrogen) atoms. The Balaban J connectivity index is 1.97. The first kappa shape index (κ1) is 12.0. The first-order valence-electron chi connectivity index (χ1n) is 5.66. The smallest absolute Gasteiger partial charge is 0.0589 e. The van der Waals surface area contributed by atoms with Crippen molar-refractivity contribution in [2.75, 3.05) is 33.9 Å². The average Bonchev–Trinajstić information content (AvgIpc) is 2.97. The van der Waals surface area contributed by atoms with Gasteiger partial charge in [0.15, 0.2) is 0 Å². The molecule has 3 nitrogen and oxygen atoms in total. The van der Waals surface area contributed by atoms with Gasteiger partial charge >= 0.3 is 0 Å². The van der Waals surface area contributed by atoms with Crippen LogP contribution in [0, 0.1) is 0 Å². The third kappa shape index (κ3) is 4.94. The van der Waals surface area contributed by atoms with Crippen LogP contribution in [0.4, 0.5) is 0 Å². The van der Waals surface area contributed by atoms with E-state index >= 15 is 0 Å². The number of hydrogen-bond donors (Lipinski definition) is 1. The first-order chi connectivity index (χ1) is 6.74. The van der Waals surface area contributed by atoms with Crippen molar-refractivity contribution in [3.8, 4) is 0 Å². The van der Waals surface area contributed by atoms with Gasteiger partial charge < -0.3 is 15.0 Å². The van der Waals surface area contributed by atoms with E-state index in [0.29, 0.717) is 6.04 Å². The summed E-state index contributed by atoms with van der Waals surface area (Å²) in [5.41, 5.74) is 0. The SMILES string of the molecule is COCCN(C)C(C)CCNC1CC1. The molecule has 0 aromatic carbocycles. The Morgan fingerprint density at radius 3 is 2.79 bits per heavy atom. The van der Waals surface area contributed by atoms with E-state index in [0.717, 1.165) is 25.7 Å². The van der Waals surface area contributed by atoms with Crippen molar-refractivity contribution in [3.63, 3.8) is 0 Å². The zero-order valence-corrected chi connectivity index (χ0v) is 9.75. The average molecular weight is 200 g/mol. The van der Waals surface area contributed by atoms with Crippen LogP contribution in [-0.2, 0) is 4.74 Å². The van der Waals surface area contributed by atoms with E-state index in [1.807, 2.05) is 0 Å². The van der Waals surface area contributed by atoms with Gasteiger partial charge in [0, 0.05) is 25.7 Å². The van der Waals surface area contributed by atoms with Crippen molar-refractivity contribution >= 4 is 0 Å². The van der Waals surface area contributed by atoms with Crippen molar-refractivity contribution in [3.05, 3.63) is 0 Å². The summed E-state index contributed by atoms with van der Waals surface area (Å²) in [6.07, 6.45) is 4.00. The maximum absolute atomic E-state index is 5.06. The quantitative estimate of drug-likeness (QED) is 0.635. The molecule has 1 rings (SSSR count). The summed E-state index contributed by atoms with van der Waals surface area (Å²) in [6.45, 7) is 5.30. The van der Waals surface area contributed by atoms with Crippen LogP contribution in [0.2, 0.25) is 0 Å². The number of nitrogens with one attached hydrogen (secondary N) is 1. The molecule has 0 amide bonds. The molecule has 1 unspecified atom stereocenters. The lowest BCUT2D eigenvalue weighted by Gasteiger charge is -2.24. The highest BCUT2D eigenvalue weighted by atomic mass is 16.5. The van der Waals surface area contributed by atoms with Gasteiger partial charge in [-0.05, 0) is 39.8 Å². The summed E-state index contributed by atoms with van der Waals surface area (Å²) in [4.78, 5) is 2.36. The Hall–Kier alpha value is -0.120. The second kappa shape index (κ2) is 6.38. The topological polar surface area (TPSA) is 24.5 Å². The molecule has 1 saturated carbocycles. The van der Waals surface area contributed by atoms with Crippen LogP contribution in [0.5, 0.6) is 0 Å². The zero-order valence-electron chi connectivity index (χ0n) is 9.75. The van der Waals surface area contributed by atoms with Crippen LogP contribution in [-0.4, -0.2) is 50.8 Å². The summed E-state index contributed by atoms with van der Waals surface area (Å²) in [5, 5.41) is 3.54. The fourth-order valence-corrected chi connectivity index (χ4v) is 1.46. The molecule has 0 aromatic rings. The molecule has 0 aromatic heterocycles. The maximum Gasteiger partial charge on any atom is 0.0589 e. The van der Waals surface area contributed by atoms with Crippen LogP contribution < -0.4 is 5.32 Å². The van der Waals surface area contributed by atoms with Gasteiger partial charge in [0.2, 0.25) is 0 Å². The molecule has 1 N–H and O–H groups in total. The summed E-state index contributed by atoms with van der Waals surface area (Å²) in [6, 6.07) is 1.49. The van der Waals surface area contributed by atoms with Gasteiger partial charge in [0.05, 0.1) is 6.61 Å². The molecular formula is C11H24N2O. The monoisotopic (exact) mass is 200 g/mol.